The molecule has 13 saturated heterocycles. The number of carbonyl (C=O) groups excluding carboxylic acids is 17. The maximum absolute atomic E-state index is 14.0. The quantitative estimate of drug-likeness (QED) is 0.00603. The number of nitrogens with zero attached hydrogens (tertiary/aromatic N) is 12. The zero-order valence-corrected chi connectivity index (χ0v) is 82.1. The minimum Gasteiger partial charge on any atom is -0.481 e. The molecular weight excluding hydrogens is 1860 g/mol. The molecule has 788 valence electrons. The number of carbonyl (C=O) groups is 18. The molecule has 0 radical (unpaired) electrons. The van der Waals surface area contributed by atoms with Gasteiger partial charge in [0.2, 0.25) is 35.4 Å². The number of Topliss-reactive ketones (excluding diaryl/α,β-unsaturated/α-hetero) is 9. The molecule has 143 heavy (non-hydrogen) atoms. The number of hydroxylamine groups is 1. The molecule has 13 heterocycles. The molecule has 31 atom stereocenters. The normalized spacial score (nSPS) is 35.9. The lowest BCUT2D eigenvalue weighted by atomic mass is 9.68. The van der Waals surface area contributed by atoms with Crippen LogP contribution in [0.15, 0.2) is 15.2 Å². The highest BCUT2D eigenvalue weighted by Crippen LogP contribution is 2.48. The molecule has 10 unspecified atom stereocenters. The molecule has 13 aliphatic heterocycles. The zero-order valence-electron chi connectivity index (χ0n) is 82.1. The van der Waals surface area contributed by atoms with Crippen LogP contribution in [0.5, 0.6) is 0 Å². The molecule has 0 aromatic rings. The van der Waals surface area contributed by atoms with Crippen LogP contribution >= 0.6 is 0 Å². The lowest BCUT2D eigenvalue weighted by Crippen LogP contribution is -2.66. The zero-order chi connectivity index (χ0) is 104. The average Bonchev–Trinajstić information content (AvgIpc) is 1.63. The molecule has 48 heteroatoms. The van der Waals surface area contributed by atoms with Crippen LogP contribution in [0, 0.1) is 107 Å². The fraction of sp³-hybridized carbons (Fsp3) is 0.737. The number of hydrazine groups is 1. The van der Waals surface area contributed by atoms with E-state index >= 15 is 0 Å². The Bertz CT molecular complexity index is 5100. The number of fused-ring (bicyclic) bond motifs is 5. The van der Waals surface area contributed by atoms with Gasteiger partial charge in [0.25, 0.3) is 5.91 Å². The van der Waals surface area contributed by atoms with Crippen LogP contribution in [0.25, 0.3) is 20.9 Å². The number of hydrogen-bond acceptors (Lipinski definition) is 35. The number of aldehydes is 1. The van der Waals surface area contributed by atoms with Gasteiger partial charge < -0.3 is 61.3 Å². The van der Waals surface area contributed by atoms with E-state index in [4.69, 9.17) is 33.8 Å². The van der Waals surface area contributed by atoms with Crippen LogP contribution < -0.4 is 75.7 Å². The summed E-state index contributed by atoms with van der Waals surface area (Å²) >= 11 is 0. The first kappa shape index (κ1) is 112. The molecule has 7 amide bonds. The van der Waals surface area contributed by atoms with E-state index in [1.807, 2.05) is 27.7 Å². The summed E-state index contributed by atoms with van der Waals surface area (Å²) in [6, 6.07) is -8.71. The van der Waals surface area contributed by atoms with Crippen molar-refractivity contribution in [3.63, 3.8) is 0 Å². The number of hydrogen-bond donors (Lipinski definition) is 17. The summed E-state index contributed by atoms with van der Waals surface area (Å²) in [4.78, 5) is 253. The van der Waals surface area contributed by atoms with Crippen molar-refractivity contribution in [3.8, 4) is 36.2 Å². The molecule has 48 nitrogen and oxygen atoms in total. The van der Waals surface area contributed by atoms with Gasteiger partial charge in [0, 0.05) is 121 Å². The van der Waals surface area contributed by atoms with Crippen LogP contribution in [0.3, 0.4) is 0 Å². The standard InChI is InChI=1S/C28H35N9O8.C17H26N6O3.C17H27N3O4.C17H26N2O4.C16H24N6O3.4H2/c1-2-3-4-5-11-45-33-14-17-12-18-8-9-21-26(43)37(19(16-38)7-6-10-31-28(29)30)22(39)15-32-25(42)20(13-23(40)41)34-35-24(17)27(44)36(18)21;1-9-14(24)8-19-10(2)21-15-11(7-20-22-18)3-4-12-5-6-13(16(9)25)23(12)17(15)26;1-9-14(22)7-18-10(2)19-15-11(8-21)3-4-12-5-6-13(16(9)23)20(12)17(15)24;1-8-13(21)6-18-9(2)19-15-11(7-20)5-10-3-4-12(16(8)22)14(10)17(15)23;1-8-13(23)7-18-9(2)20-14-10(6-19-21-17)5-11-3-4-12(15(8)24)22(11)16(14)25;;;;/h1,16-21,24,33-35H,6-10,12-15H2,(H,32,42)(H,40,41)(H4,29,30,31);9-13,15,19,21H,3-8H2,1-2H3;9-13,15,18-19,21H,3-8H2,1-2H3;8-12,14-15,18-20H,3-7H2,1-2H3;8-12,14,18,20H,3-7H2,1-2H3;4*1H/t17-,18-,19-,20-,21-,24+;2*9?,10?,11-,12+,13-,15+;8?,9?,10?,11-,12+,14?,15+;8?,9?,10-,11-,12-,14+;;;;/m00000..../s1. The predicted octanol–water partition coefficient (Wildman–Crippen LogP) is -2.69. The molecule has 10 bridgehead atoms. The third kappa shape index (κ3) is 26.8. The number of carboxylic acid groups (broad SMARTS) is 1. The summed E-state index contributed by atoms with van der Waals surface area (Å²) in [6.07, 6.45) is 17.6. The minimum absolute atomic E-state index is 0. The van der Waals surface area contributed by atoms with Crippen molar-refractivity contribution < 1.29 is 112 Å². The van der Waals surface area contributed by atoms with Crippen LogP contribution in [-0.4, -0.2) is 339 Å². The molecule has 15 aliphatic rings. The Morgan fingerprint density at radius 2 is 0.951 bits per heavy atom. The smallest absolute Gasteiger partial charge is 0.305 e. The first-order chi connectivity index (χ1) is 68.3. The number of azide groups is 2. The Kier molecular flexibility index (Phi) is 40.5. The van der Waals surface area contributed by atoms with Crippen LogP contribution in [0.4, 0.5) is 0 Å². The van der Waals surface area contributed by atoms with Gasteiger partial charge in [-0.15, -0.1) is 11.9 Å². The van der Waals surface area contributed by atoms with Crippen molar-refractivity contribution >= 4 is 112 Å². The van der Waals surface area contributed by atoms with Crippen LogP contribution in [-0.2, 0) is 91.1 Å². The third-order valence-electron chi connectivity index (χ3n) is 31.1. The molecule has 0 aromatic carbocycles. The summed E-state index contributed by atoms with van der Waals surface area (Å²) in [6.45, 7) is 14.3. The monoisotopic (exact) mass is 2000 g/mol. The van der Waals surface area contributed by atoms with Gasteiger partial charge in [-0.2, -0.15) is 0 Å². The van der Waals surface area contributed by atoms with Gasteiger partial charge in [0.05, 0.1) is 136 Å². The number of nitrogens with two attached hydrogens (primary N) is 2. The van der Waals surface area contributed by atoms with E-state index in [0.29, 0.717) is 51.2 Å². The lowest BCUT2D eigenvalue weighted by Gasteiger charge is -2.43. The summed E-state index contributed by atoms with van der Waals surface area (Å²) in [5, 5.41) is 63.6. The number of guanidine groups is 1. The van der Waals surface area contributed by atoms with Crippen LogP contribution in [0.2, 0.25) is 0 Å². The maximum atomic E-state index is 14.0. The molecule has 15 fully saturated rings. The molecular formula is C95H146N26O22. The Morgan fingerprint density at radius 1 is 0.510 bits per heavy atom. The van der Waals surface area contributed by atoms with Gasteiger partial charge in [0.15, 0.2) is 58.3 Å². The van der Waals surface area contributed by atoms with Gasteiger partial charge in [-0.05, 0) is 218 Å². The minimum atomic E-state index is -1.41. The maximum Gasteiger partial charge on any atom is 0.305 e. The highest BCUT2D eigenvalue weighted by atomic mass is 16.6. The summed E-state index contributed by atoms with van der Waals surface area (Å²) in [5.74, 6) is -1.06. The number of aliphatic carboxylic acids is 1. The predicted molar refractivity (Wildman–Crippen MR) is 518 cm³/mol. The van der Waals surface area contributed by atoms with Gasteiger partial charge in [-0.25, -0.2) is 10.9 Å². The molecule has 19 N–H and O–H groups in total. The Morgan fingerprint density at radius 3 is 1.44 bits per heavy atom. The third-order valence-corrected chi connectivity index (χ3v) is 31.1. The van der Waals surface area contributed by atoms with E-state index < -0.39 is 145 Å². The van der Waals surface area contributed by atoms with Crippen molar-refractivity contribution in [1.29, 1.82) is 0 Å². The second-order valence-electron chi connectivity index (χ2n) is 40.0. The lowest BCUT2D eigenvalue weighted by molar-refractivity contribution is -0.158. The van der Waals surface area contributed by atoms with Gasteiger partial charge >= 0.3 is 5.97 Å². The SMILES string of the molecule is C#CC#CC#CONC[C@@H]1C[C@@H]2CC[C@H]3C(=O)N([C@H](C=O)CCCN=C(N)N)C(=O)CNC(=O)[C@H](CC(=O)O)NN[C@H]1C(=O)N23.CC1NCC(=O)C(C)C(=O)[C@@H]2CCC3C[C@@H](CO)[C@@H](N1)C(=O)C32.CC1NCC(=O)C(C)C(=O)[C@@H]2CC[C@H]3CC[C@@H](CN=[N+]=[N-])[C@@H](N1)C(=O)N32.CC1NCC(=O)C(C)C(=O)[C@@H]2CC[C@H]3CC[C@@H](CO)[C@@H](N1)C(=O)N32.CC1NCC(=O)C(C)C(=O)[C@@H]2CC[C@H]3C[C@@H](CN=[N+]=[N-])[C@@H](N1)C(=O)N32.[HH].[HH].[HH].[HH]. The van der Waals surface area contributed by atoms with E-state index in [0.717, 1.165) is 62.7 Å². The number of aliphatic hydroxyl groups excluding tert-OH is 2. The van der Waals surface area contributed by atoms with Gasteiger partial charge in [-0.1, -0.05) is 10.2 Å². The molecule has 2 saturated carbocycles. The summed E-state index contributed by atoms with van der Waals surface area (Å²) < 4.78 is 0. The second-order valence-corrected chi connectivity index (χ2v) is 40.0. The Balaban J connectivity index is 0.000000254. The fourth-order valence-corrected chi connectivity index (χ4v) is 23.3. The molecule has 0 aromatic heterocycles. The number of aliphatic hydroxyl groups is 2. The number of nitrogens with one attached hydrogen (secondary N) is 12. The topological polar surface area (TPSA) is 700 Å². The number of aliphatic imine (C=N–C) groups is 1. The van der Waals surface area contributed by atoms with E-state index in [2.05, 4.69) is 119 Å². The van der Waals surface area contributed by atoms with E-state index in [9.17, 15) is 102 Å². The number of piperidine rings is 2. The van der Waals surface area contributed by atoms with Gasteiger partial charge in [-0.3, -0.25) is 134 Å². The van der Waals surface area contributed by atoms with Crippen LogP contribution in [0.1, 0.15) is 190 Å². The first-order valence-electron chi connectivity index (χ1n) is 49.8. The largest absolute Gasteiger partial charge is 0.481 e. The van der Waals surface area contributed by atoms with E-state index in [1.165, 1.54) is 4.90 Å². The van der Waals surface area contributed by atoms with Crippen molar-refractivity contribution in [3.05, 3.63) is 20.9 Å². The number of ketones is 9. The van der Waals surface area contributed by atoms with Crippen molar-refractivity contribution in [2.24, 2.45) is 97.7 Å². The molecule has 15 rings (SSSR count). The van der Waals surface area contributed by atoms with Crippen molar-refractivity contribution in [2.45, 2.75) is 299 Å². The number of rotatable bonds is 17. The Hall–Kier alpha value is -11.5. The molecule has 2 aliphatic carbocycles. The Labute approximate surface area is 834 Å². The van der Waals surface area contributed by atoms with E-state index in [-0.39, 0.29) is 250 Å². The van der Waals surface area contributed by atoms with Gasteiger partial charge in [0.1, 0.15) is 30.2 Å². The average molecular weight is 2000 g/mol. The van der Waals surface area contributed by atoms with E-state index in [1.54, 1.807) is 42.4 Å². The fourth-order valence-electron chi connectivity index (χ4n) is 23.3. The van der Waals surface area contributed by atoms with Crippen molar-refractivity contribution in [2.75, 3.05) is 72.1 Å². The summed E-state index contributed by atoms with van der Waals surface area (Å²) in [7, 11) is 0. The highest BCUT2D eigenvalue weighted by Gasteiger charge is 2.58. The number of imide groups is 1. The number of terminal acetylenes is 1. The first-order valence-corrected chi connectivity index (χ1v) is 49.8. The number of amides is 7. The highest BCUT2D eigenvalue weighted by molar-refractivity contribution is 6.10. The molecule has 0 spiro atoms. The number of carboxylic acids is 1. The second kappa shape index (κ2) is 51.8. The van der Waals surface area contributed by atoms with Crippen molar-refractivity contribution in [1.82, 2.24) is 88.7 Å². The summed E-state index contributed by atoms with van der Waals surface area (Å²) in [5.41, 5.74) is 36.1.